The Kier molecular flexibility index (Phi) is 5.97. The average Bonchev–Trinajstić information content (AvgIpc) is 3.21. The van der Waals surface area contributed by atoms with Crippen LogP contribution in [-0.4, -0.2) is 35.4 Å². The molecule has 0 spiro atoms. The number of ether oxygens (including phenoxy) is 1. The SMILES string of the molecule is CC(C)(C)OC1CC(C(=O)Nc2cc(C(C)(C)C)no2)N(c2ccc(Cl)cc2)C1. The van der Waals surface area contributed by atoms with Gasteiger partial charge >= 0.3 is 0 Å². The molecule has 1 aromatic carbocycles. The molecule has 6 nitrogen and oxygen atoms in total. The van der Waals surface area contributed by atoms with Gasteiger partial charge in [-0.2, -0.15) is 0 Å². The minimum absolute atomic E-state index is 0.0544. The minimum atomic E-state index is -0.383. The highest BCUT2D eigenvalue weighted by atomic mass is 35.5. The summed E-state index contributed by atoms with van der Waals surface area (Å²) in [6.07, 6.45) is 0.535. The molecule has 1 saturated heterocycles. The lowest BCUT2D eigenvalue weighted by molar-refractivity contribution is -0.118. The molecule has 0 bridgehead atoms. The van der Waals surface area contributed by atoms with E-state index in [9.17, 15) is 4.79 Å². The summed E-state index contributed by atoms with van der Waals surface area (Å²) in [5, 5.41) is 7.61. The smallest absolute Gasteiger partial charge is 0.249 e. The molecular formula is C22H30ClN3O3. The van der Waals surface area contributed by atoms with E-state index in [1.165, 1.54) is 0 Å². The summed E-state index contributed by atoms with van der Waals surface area (Å²) in [5.74, 6) is 0.215. The fourth-order valence-electron chi connectivity index (χ4n) is 3.44. The molecule has 29 heavy (non-hydrogen) atoms. The molecule has 1 amide bonds. The third-order valence-electron chi connectivity index (χ3n) is 4.77. The summed E-state index contributed by atoms with van der Waals surface area (Å²) in [6.45, 7) is 12.8. The number of hydrogen-bond donors (Lipinski definition) is 1. The first kappa shape index (κ1) is 21.7. The monoisotopic (exact) mass is 419 g/mol. The van der Waals surface area contributed by atoms with E-state index in [0.29, 0.717) is 23.9 Å². The fourth-order valence-corrected chi connectivity index (χ4v) is 3.57. The van der Waals surface area contributed by atoms with Crippen LogP contribution >= 0.6 is 11.6 Å². The summed E-state index contributed by atoms with van der Waals surface area (Å²) in [7, 11) is 0. The van der Waals surface area contributed by atoms with E-state index < -0.39 is 0 Å². The lowest BCUT2D eigenvalue weighted by Gasteiger charge is -2.26. The molecule has 2 heterocycles. The molecule has 0 radical (unpaired) electrons. The van der Waals surface area contributed by atoms with Crippen LogP contribution in [0.2, 0.25) is 5.02 Å². The highest BCUT2D eigenvalue weighted by molar-refractivity contribution is 6.30. The van der Waals surface area contributed by atoms with Crippen LogP contribution in [0, 0.1) is 0 Å². The van der Waals surface area contributed by atoms with Crippen molar-refractivity contribution in [3.8, 4) is 0 Å². The summed E-state index contributed by atoms with van der Waals surface area (Å²) in [6, 6.07) is 8.91. The van der Waals surface area contributed by atoms with Crippen LogP contribution in [0.1, 0.15) is 53.7 Å². The molecule has 0 saturated carbocycles. The number of rotatable bonds is 4. The Morgan fingerprint density at radius 3 is 2.41 bits per heavy atom. The first-order chi connectivity index (χ1) is 13.4. The summed E-state index contributed by atoms with van der Waals surface area (Å²) < 4.78 is 11.5. The molecule has 158 valence electrons. The molecule has 2 unspecified atom stereocenters. The van der Waals surface area contributed by atoms with Gasteiger partial charge < -0.3 is 14.2 Å². The molecule has 1 aliphatic heterocycles. The van der Waals surface area contributed by atoms with Crippen LogP contribution in [0.3, 0.4) is 0 Å². The number of anilines is 2. The van der Waals surface area contributed by atoms with Crippen molar-refractivity contribution in [2.75, 3.05) is 16.8 Å². The molecule has 3 rings (SSSR count). The van der Waals surface area contributed by atoms with Crippen LogP contribution in [0.4, 0.5) is 11.6 Å². The van der Waals surface area contributed by atoms with Gasteiger partial charge in [-0.15, -0.1) is 0 Å². The van der Waals surface area contributed by atoms with Crippen LogP contribution in [0.15, 0.2) is 34.9 Å². The maximum atomic E-state index is 13.1. The maximum absolute atomic E-state index is 13.1. The Bertz CT molecular complexity index is 849. The van der Waals surface area contributed by atoms with Crippen LogP contribution in [0.5, 0.6) is 0 Å². The van der Waals surface area contributed by atoms with Gasteiger partial charge in [0.15, 0.2) is 0 Å². The van der Waals surface area contributed by atoms with Gasteiger partial charge in [-0.1, -0.05) is 37.5 Å². The quantitative estimate of drug-likeness (QED) is 0.752. The molecule has 1 aliphatic rings. The first-order valence-corrected chi connectivity index (χ1v) is 10.3. The molecule has 2 aromatic rings. The standard InChI is InChI=1S/C22H30ClN3O3/c1-21(2,3)18-12-19(29-25-18)24-20(27)17-11-16(28-22(4,5)6)13-26(17)15-9-7-14(23)8-10-15/h7-10,12,16-17H,11,13H2,1-6H3,(H,24,27). The number of nitrogens with one attached hydrogen (secondary N) is 1. The normalized spacial score (nSPS) is 20.2. The van der Waals surface area contributed by atoms with E-state index in [1.54, 1.807) is 6.07 Å². The number of amides is 1. The maximum Gasteiger partial charge on any atom is 0.249 e. The zero-order chi connectivity index (χ0) is 21.4. The van der Waals surface area contributed by atoms with Crippen molar-refractivity contribution < 1.29 is 14.1 Å². The van der Waals surface area contributed by atoms with Crippen LogP contribution in [0.25, 0.3) is 0 Å². The molecule has 1 aromatic heterocycles. The van der Waals surface area contributed by atoms with Gasteiger partial charge in [-0.3, -0.25) is 10.1 Å². The summed E-state index contributed by atoms with van der Waals surface area (Å²) in [4.78, 5) is 15.2. The molecule has 7 heteroatoms. The Labute approximate surface area is 177 Å². The minimum Gasteiger partial charge on any atom is -0.371 e. The highest BCUT2D eigenvalue weighted by Crippen LogP contribution is 2.31. The average molecular weight is 420 g/mol. The zero-order valence-corrected chi connectivity index (χ0v) is 18.7. The third kappa shape index (κ3) is 5.52. The Morgan fingerprint density at radius 2 is 1.86 bits per heavy atom. The van der Waals surface area contributed by atoms with Crippen molar-refractivity contribution in [2.45, 2.75) is 71.1 Å². The van der Waals surface area contributed by atoms with Gasteiger partial charge in [0.1, 0.15) is 6.04 Å². The van der Waals surface area contributed by atoms with Crippen molar-refractivity contribution >= 4 is 29.1 Å². The molecular weight excluding hydrogens is 390 g/mol. The van der Waals surface area contributed by atoms with Gasteiger partial charge in [-0.25, -0.2) is 0 Å². The number of hydrogen-bond acceptors (Lipinski definition) is 5. The lowest BCUT2D eigenvalue weighted by atomic mass is 9.92. The topological polar surface area (TPSA) is 67.6 Å². The summed E-state index contributed by atoms with van der Waals surface area (Å²) in [5.41, 5.74) is 1.29. The number of carbonyl (C=O) groups is 1. The van der Waals surface area contributed by atoms with E-state index in [2.05, 4.69) is 15.4 Å². The zero-order valence-electron chi connectivity index (χ0n) is 18.0. The van der Waals surface area contributed by atoms with Gasteiger partial charge in [0.25, 0.3) is 0 Å². The van der Waals surface area contributed by atoms with Crippen molar-refractivity contribution in [1.29, 1.82) is 0 Å². The Hall–Kier alpha value is -2.05. The lowest BCUT2D eigenvalue weighted by Crippen LogP contribution is -2.39. The predicted molar refractivity (Wildman–Crippen MR) is 116 cm³/mol. The predicted octanol–water partition coefficient (Wildman–Crippen LogP) is 5.03. The van der Waals surface area contributed by atoms with Crippen molar-refractivity contribution in [2.24, 2.45) is 0 Å². The van der Waals surface area contributed by atoms with E-state index in [-0.39, 0.29) is 29.1 Å². The highest BCUT2D eigenvalue weighted by Gasteiger charge is 2.39. The second kappa shape index (κ2) is 8.00. The largest absolute Gasteiger partial charge is 0.371 e. The second-order valence-electron chi connectivity index (χ2n) is 9.55. The number of aromatic nitrogens is 1. The first-order valence-electron chi connectivity index (χ1n) is 9.90. The fraction of sp³-hybridized carbons (Fsp3) is 0.545. The third-order valence-corrected chi connectivity index (χ3v) is 5.02. The number of nitrogens with zero attached hydrogens (tertiary/aromatic N) is 2. The van der Waals surface area contributed by atoms with E-state index in [0.717, 1.165) is 11.4 Å². The Balaban J connectivity index is 1.79. The van der Waals surface area contributed by atoms with Crippen molar-refractivity contribution in [3.63, 3.8) is 0 Å². The Morgan fingerprint density at radius 1 is 1.21 bits per heavy atom. The van der Waals surface area contributed by atoms with Gasteiger partial charge in [0.05, 0.1) is 17.4 Å². The second-order valence-corrected chi connectivity index (χ2v) is 9.98. The number of carbonyl (C=O) groups excluding carboxylic acids is 1. The molecule has 1 fully saturated rings. The van der Waals surface area contributed by atoms with Gasteiger partial charge in [-0.05, 0) is 45.0 Å². The molecule has 1 N–H and O–H groups in total. The summed E-state index contributed by atoms with van der Waals surface area (Å²) >= 11 is 6.04. The van der Waals surface area contributed by atoms with Crippen molar-refractivity contribution in [3.05, 3.63) is 41.0 Å². The van der Waals surface area contributed by atoms with E-state index >= 15 is 0 Å². The van der Waals surface area contributed by atoms with Crippen LogP contribution < -0.4 is 10.2 Å². The van der Waals surface area contributed by atoms with E-state index in [1.807, 2.05) is 65.8 Å². The number of halogens is 1. The molecule has 0 aliphatic carbocycles. The van der Waals surface area contributed by atoms with Crippen molar-refractivity contribution in [1.82, 2.24) is 5.16 Å². The van der Waals surface area contributed by atoms with Gasteiger partial charge in [0, 0.05) is 35.2 Å². The molecule has 2 atom stereocenters. The van der Waals surface area contributed by atoms with E-state index in [4.69, 9.17) is 20.9 Å². The number of benzene rings is 1. The van der Waals surface area contributed by atoms with Crippen LogP contribution in [-0.2, 0) is 14.9 Å². The van der Waals surface area contributed by atoms with Gasteiger partial charge in [0.2, 0.25) is 11.8 Å².